The van der Waals surface area contributed by atoms with Crippen molar-refractivity contribution in [1.82, 2.24) is 4.31 Å². The summed E-state index contributed by atoms with van der Waals surface area (Å²) < 4.78 is 22.7. The monoisotopic (exact) mass is 431 g/mol. The number of allylic oxidation sites excluding steroid dienone is 3. The number of nitrogens with zero attached hydrogens (tertiary/aromatic N) is 1. The molecule has 2 atom stereocenters. The fourth-order valence-electron chi connectivity index (χ4n) is 4.64. The van der Waals surface area contributed by atoms with Crippen LogP contribution in [0.15, 0.2) is 42.0 Å². The molecular formula is C24H30FNO3S. The Hall–Kier alpha value is -1.63. The van der Waals surface area contributed by atoms with E-state index in [1.165, 1.54) is 11.6 Å². The van der Waals surface area contributed by atoms with E-state index in [0.717, 1.165) is 25.7 Å². The van der Waals surface area contributed by atoms with Crippen molar-refractivity contribution in [2.75, 3.05) is 13.2 Å². The molecule has 162 valence electrons. The highest BCUT2D eigenvalue weighted by atomic mass is 32.2. The zero-order valence-electron chi connectivity index (χ0n) is 17.5. The van der Waals surface area contributed by atoms with E-state index < -0.39 is 11.4 Å². The summed E-state index contributed by atoms with van der Waals surface area (Å²) in [4.78, 5) is 12.0. The smallest absolute Gasteiger partial charge is 0.314 e. The Morgan fingerprint density at radius 3 is 2.77 bits per heavy atom. The average molecular weight is 432 g/mol. The highest BCUT2D eigenvalue weighted by Crippen LogP contribution is 2.39. The largest absolute Gasteiger partial charge is 0.481 e. The van der Waals surface area contributed by atoms with Crippen molar-refractivity contribution in [3.8, 4) is 0 Å². The Morgan fingerprint density at radius 1 is 1.30 bits per heavy atom. The molecule has 1 aromatic carbocycles. The van der Waals surface area contributed by atoms with Crippen molar-refractivity contribution in [1.29, 1.82) is 0 Å². The highest BCUT2D eigenvalue weighted by Gasteiger charge is 2.42. The molecule has 0 spiro atoms. The number of aliphatic carboxylic acids is 1. The number of benzene rings is 1. The van der Waals surface area contributed by atoms with Gasteiger partial charge >= 0.3 is 5.97 Å². The van der Waals surface area contributed by atoms with Gasteiger partial charge in [0.15, 0.2) is 0 Å². The second-order valence-corrected chi connectivity index (χ2v) is 9.83. The van der Waals surface area contributed by atoms with Gasteiger partial charge in [0.25, 0.3) is 0 Å². The Kier molecular flexibility index (Phi) is 6.66. The van der Waals surface area contributed by atoms with Crippen LogP contribution in [0, 0.1) is 5.82 Å². The van der Waals surface area contributed by atoms with Crippen molar-refractivity contribution in [2.45, 2.75) is 68.7 Å². The van der Waals surface area contributed by atoms with Crippen molar-refractivity contribution < 1.29 is 19.0 Å². The van der Waals surface area contributed by atoms with Crippen LogP contribution < -0.4 is 0 Å². The van der Waals surface area contributed by atoms with Crippen LogP contribution in [-0.4, -0.2) is 39.9 Å². The van der Waals surface area contributed by atoms with Gasteiger partial charge in [0.2, 0.25) is 0 Å². The summed E-state index contributed by atoms with van der Waals surface area (Å²) in [5.41, 5.74) is 1.52. The number of rotatable bonds is 5. The molecule has 0 aromatic heterocycles. The fraction of sp³-hybridized carbons (Fsp3) is 0.542. The molecule has 1 unspecified atom stereocenters. The van der Waals surface area contributed by atoms with Crippen molar-refractivity contribution in [3.05, 3.63) is 58.9 Å². The number of carbonyl (C=O) groups is 1. The lowest BCUT2D eigenvalue weighted by molar-refractivity contribution is -0.147. The Morgan fingerprint density at radius 2 is 2.10 bits per heavy atom. The number of hydrogen-bond donors (Lipinski definition) is 1. The lowest BCUT2D eigenvalue weighted by Crippen LogP contribution is -2.41. The lowest BCUT2D eigenvalue weighted by Gasteiger charge is -2.38. The first-order chi connectivity index (χ1) is 14.5. The number of halogens is 1. The lowest BCUT2D eigenvalue weighted by atomic mass is 9.74. The molecule has 0 bridgehead atoms. The van der Waals surface area contributed by atoms with Gasteiger partial charge in [0.05, 0.1) is 5.41 Å². The maximum atomic E-state index is 15.1. The Labute approximate surface area is 182 Å². The van der Waals surface area contributed by atoms with Crippen LogP contribution in [0.3, 0.4) is 0 Å². The van der Waals surface area contributed by atoms with Gasteiger partial charge in [-0.25, -0.2) is 8.70 Å². The van der Waals surface area contributed by atoms with Crippen molar-refractivity contribution >= 4 is 17.9 Å². The summed E-state index contributed by atoms with van der Waals surface area (Å²) >= 11 is 1.82. The Bertz CT molecular complexity index is 847. The van der Waals surface area contributed by atoms with Crippen LogP contribution in [-0.2, 0) is 21.5 Å². The zero-order valence-corrected chi connectivity index (χ0v) is 18.3. The summed E-state index contributed by atoms with van der Waals surface area (Å²) in [6.45, 7) is 3.50. The van der Waals surface area contributed by atoms with E-state index in [-0.39, 0.29) is 5.82 Å². The molecule has 30 heavy (non-hydrogen) atoms. The first-order valence-corrected chi connectivity index (χ1v) is 11.7. The van der Waals surface area contributed by atoms with Gasteiger partial charge in [0, 0.05) is 36.6 Å². The number of carboxylic acids is 1. The summed E-state index contributed by atoms with van der Waals surface area (Å²) in [5.74, 6) is -1.21. The minimum Gasteiger partial charge on any atom is -0.481 e. The third-order valence-electron chi connectivity index (χ3n) is 6.68. The summed E-state index contributed by atoms with van der Waals surface area (Å²) in [6.07, 6.45) is 12.0. The van der Waals surface area contributed by atoms with E-state index in [0.29, 0.717) is 55.0 Å². The third-order valence-corrected chi connectivity index (χ3v) is 8.21. The van der Waals surface area contributed by atoms with Crippen LogP contribution in [0.4, 0.5) is 4.39 Å². The molecular weight excluding hydrogens is 401 g/mol. The molecule has 2 fully saturated rings. The minimum atomic E-state index is -1.05. The number of ether oxygens (including phenoxy) is 1. The van der Waals surface area contributed by atoms with Crippen molar-refractivity contribution in [2.24, 2.45) is 0 Å². The van der Waals surface area contributed by atoms with Crippen LogP contribution in [0.1, 0.15) is 56.6 Å². The van der Waals surface area contributed by atoms with Crippen LogP contribution in [0.5, 0.6) is 0 Å². The standard InChI is InChI=1S/C24H30FNO3S/c1-17-7-10-22(18-5-3-2-4-6-18)30-26(17)16-19-8-9-20(15-21(19)25)24(23(27)28)11-13-29-14-12-24/h3,5-6,8-9,15,17,22H,2,4,7,10-14,16H2,1H3,(H,27,28)/t17-,22?/m0/s1. The van der Waals surface area contributed by atoms with E-state index in [1.807, 2.05) is 11.9 Å². The molecule has 6 heteroatoms. The molecule has 4 rings (SSSR count). The van der Waals surface area contributed by atoms with Gasteiger partial charge in [-0.15, -0.1) is 0 Å². The second-order valence-electron chi connectivity index (χ2n) is 8.59. The van der Waals surface area contributed by atoms with Gasteiger partial charge in [-0.05, 0) is 62.7 Å². The predicted octanol–water partition coefficient (Wildman–Crippen LogP) is 5.24. The summed E-state index contributed by atoms with van der Waals surface area (Å²) in [6, 6.07) is 5.40. The number of hydrogen-bond acceptors (Lipinski definition) is 4. The molecule has 0 saturated carbocycles. The fourth-order valence-corrected chi connectivity index (χ4v) is 6.03. The molecule has 2 heterocycles. The first kappa shape index (κ1) is 21.6. The first-order valence-electron chi connectivity index (χ1n) is 10.9. The number of carboxylic acid groups (broad SMARTS) is 1. The quantitative estimate of drug-likeness (QED) is 0.647. The van der Waals surface area contributed by atoms with Crippen molar-refractivity contribution in [3.63, 3.8) is 0 Å². The van der Waals surface area contributed by atoms with E-state index in [4.69, 9.17) is 4.74 Å². The average Bonchev–Trinajstić information content (AvgIpc) is 2.77. The molecule has 1 aromatic rings. The van der Waals surface area contributed by atoms with E-state index in [2.05, 4.69) is 29.5 Å². The summed E-state index contributed by atoms with van der Waals surface area (Å²) in [7, 11) is 0. The normalized spacial score (nSPS) is 26.9. The van der Waals surface area contributed by atoms with Gasteiger partial charge in [-0.1, -0.05) is 42.3 Å². The Balaban J connectivity index is 1.51. The molecule has 3 aliphatic rings. The molecule has 1 N–H and O–H groups in total. The third kappa shape index (κ3) is 4.36. The molecule has 2 aliphatic heterocycles. The maximum Gasteiger partial charge on any atom is 0.314 e. The molecule has 2 saturated heterocycles. The van der Waals surface area contributed by atoms with Gasteiger partial charge in [0.1, 0.15) is 5.82 Å². The van der Waals surface area contributed by atoms with Gasteiger partial charge in [-0.3, -0.25) is 4.79 Å². The van der Waals surface area contributed by atoms with Crippen LogP contribution in [0.25, 0.3) is 0 Å². The highest BCUT2D eigenvalue weighted by molar-refractivity contribution is 7.97. The van der Waals surface area contributed by atoms with Crippen LogP contribution in [0.2, 0.25) is 0 Å². The maximum absolute atomic E-state index is 15.1. The molecule has 1 aliphatic carbocycles. The minimum absolute atomic E-state index is 0.314. The van der Waals surface area contributed by atoms with E-state index in [9.17, 15) is 9.90 Å². The molecule has 4 nitrogen and oxygen atoms in total. The molecule has 0 radical (unpaired) electrons. The molecule has 0 amide bonds. The van der Waals surface area contributed by atoms with E-state index >= 15 is 4.39 Å². The second kappa shape index (κ2) is 9.25. The topological polar surface area (TPSA) is 49.8 Å². The SMILES string of the molecule is C[C@H]1CCC(C2=CCCC=C2)SN1Cc1ccc(C2(C(=O)O)CCOCC2)cc1F. The zero-order chi connectivity index (χ0) is 21.1. The predicted molar refractivity (Wildman–Crippen MR) is 118 cm³/mol. The van der Waals surface area contributed by atoms with Gasteiger partial charge < -0.3 is 9.84 Å². The van der Waals surface area contributed by atoms with E-state index in [1.54, 1.807) is 12.1 Å². The van der Waals surface area contributed by atoms with Gasteiger partial charge in [-0.2, -0.15) is 0 Å². The summed E-state index contributed by atoms with van der Waals surface area (Å²) in [5, 5.41) is 10.3. The van der Waals surface area contributed by atoms with Crippen LogP contribution >= 0.6 is 11.9 Å².